The maximum atomic E-state index is 13.2. The van der Waals surface area contributed by atoms with E-state index in [0.29, 0.717) is 23.9 Å². The summed E-state index contributed by atoms with van der Waals surface area (Å²) in [4.78, 5) is 14.1. The largest absolute Gasteiger partial charge is 0.461 e. The van der Waals surface area contributed by atoms with E-state index in [1.165, 1.54) is 18.2 Å². The van der Waals surface area contributed by atoms with E-state index < -0.39 is 27.3 Å². The fourth-order valence-corrected chi connectivity index (χ4v) is 4.75. The van der Waals surface area contributed by atoms with Crippen LogP contribution in [-0.2, 0) is 27.5 Å². The van der Waals surface area contributed by atoms with Crippen LogP contribution in [-0.4, -0.2) is 31.6 Å². The number of rotatable bonds is 2. The van der Waals surface area contributed by atoms with Crippen LogP contribution in [0.4, 0.5) is 9.18 Å². The maximum absolute atomic E-state index is 13.2. The summed E-state index contributed by atoms with van der Waals surface area (Å²) < 4.78 is 50.5. The Bertz CT molecular complexity index is 1220. The third-order valence-electron chi connectivity index (χ3n) is 4.89. The van der Waals surface area contributed by atoms with Gasteiger partial charge in [0, 0.05) is 23.9 Å². The van der Waals surface area contributed by atoms with Gasteiger partial charge >= 0.3 is 6.09 Å². The van der Waals surface area contributed by atoms with E-state index in [-0.39, 0.29) is 16.3 Å². The van der Waals surface area contributed by atoms with E-state index in [1.54, 1.807) is 37.8 Å². The Morgan fingerprint density at radius 2 is 1.77 bits per heavy atom. The SMILES string of the molecule is CC(C)(C)OC(=O)N1CCc2oc3ccc(S(=O)(=O)c4ccc(F)cc4)cc3c2C1. The van der Waals surface area contributed by atoms with Gasteiger partial charge in [0.15, 0.2) is 0 Å². The average molecular weight is 431 g/mol. The Labute approximate surface area is 174 Å². The van der Waals surface area contributed by atoms with Crippen LogP contribution in [0.5, 0.6) is 0 Å². The lowest BCUT2D eigenvalue weighted by atomic mass is 10.1. The lowest BCUT2D eigenvalue weighted by Crippen LogP contribution is -2.39. The Kier molecular flexibility index (Phi) is 4.85. The highest BCUT2D eigenvalue weighted by Crippen LogP contribution is 2.34. The van der Waals surface area contributed by atoms with Gasteiger partial charge in [-0.2, -0.15) is 0 Å². The number of amides is 1. The topological polar surface area (TPSA) is 76.8 Å². The summed E-state index contributed by atoms with van der Waals surface area (Å²) in [6.45, 7) is 6.15. The zero-order valence-corrected chi connectivity index (χ0v) is 17.8. The summed E-state index contributed by atoms with van der Waals surface area (Å²) in [5.41, 5.74) is 0.731. The van der Waals surface area contributed by atoms with Crippen molar-refractivity contribution < 1.29 is 26.8 Å². The van der Waals surface area contributed by atoms with E-state index in [9.17, 15) is 17.6 Å². The highest BCUT2D eigenvalue weighted by Gasteiger charge is 2.29. The molecule has 158 valence electrons. The van der Waals surface area contributed by atoms with E-state index in [0.717, 1.165) is 23.5 Å². The first-order chi connectivity index (χ1) is 14.0. The van der Waals surface area contributed by atoms with Crippen molar-refractivity contribution in [2.24, 2.45) is 0 Å². The Balaban J connectivity index is 1.70. The van der Waals surface area contributed by atoms with Gasteiger partial charge in [0.05, 0.1) is 16.3 Å². The smallest absolute Gasteiger partial charge is 0.410 e. The van der Waals surface area contributed by atoms with Gasteiger partial charge in [-0.15, -0.1) is 0 Å². The number of carbonyl (C=O) groups excluding carboxylic acids is 1. The van der Waals surface area contributed by atoms with Gasteiger partial charge < -0.3 is 14.1 Å². The molecule has 0 atom stereocenters. The molecule has 2 aromatic carbocycles. The minimum atomic E-state index is -3.82. The molecule has 6 nitrogen and oxygen atoms in total. The maximum Gasteiger partial charge on any atom is 0.410 e. The second-order valence-corrected chi connectivity index (χ2v) is 10.2. The number of fused-ring (bicyclic) bond motifs is 3. The van der Waals surface area contributed by atoms with Crippen molar-refractivity contribution in [1.82, 2.24) is 4.90 Å². The van der Waals surface area contributed by atoms with Gasteiger partial charge in [0.25, 0.3) is 0 Å². The number of ether oxygens (including phenoxy) is 1. The summed E-state index contributed by atoms with van der Waals surface area (Å²) in [6, 6.07) is 9.35. The van der Waals surface area contributed by atoms with Crippen LogP contribution in [0.3, 0.4) is 0 Å². The number of furan rings is 1. The summed E-state index contributed by atoms with van der Waals surface area (Å²) >= 11 is 0. The Morgan fingerprint density at radius 3 is 2.43 bits per heavy atom. The molecule has 3 aromatic rings. The molecule has 2 heterocycles. The molecule has 1 aromatic heterocycles. The predicted octanol–water partition coefficient (Wildman–Crippen LogP) is 4.70. The van der Waals surface area contributed by atoms with Gasteiger partial charge in [0.2, 0.25) is 9.84 Å². The zero-order chi connectivity index (χ0) is 21.7. The molecule has 0 aliphatic carbocycles. The molecular formula is C22H22FNO5S. The molecule has 8 heteroatoms. The van der Waals surface area contributed by atoms with Gasteiger partial charge in [-0.05, 0) is 63.2 Å². The third kappa shape index (κ3) is 3.79. The predicted molar refractivity (Wildman–Crippen MR) is 108 cm³/mol. The van der Waals surface area contributed by atoms with Crippen molar-refractivity contribution >= 4 is 26.9 Å². The number of hydrogen-bond acceptors (Lipinski definition) is 5. The van der Waals surface area contributed by atoms with Crippen molar-refractivity contribution in [2.75, 3.05) is 6.54 Å². The lowest BCUT2D eigenvalue weighted by Gasteiger charge is -2.29. The van der Waals surface area contributed by atoms with Gasteiger partial charge in [-0.25, -0.2) is 17.6 Å². The second-order valence-electron chi connectivity index (χ2n) is 8.27. The standard InChI is InChI=1S/C22H22FNO5S/c1-22(2,3)29-21(25)24-11-10-20-18(13-24)17-12-16(8-9-19(17)28-20)30(26,27)15-6-4-14(23)5-7-15/h4-9,12H,10-11,13H2,1-3H3. The molecule has 30 heavy (non-hydrogen) atoms. The van der Waals surface area contributed by atoms with Crippen LogP contribution in [0.1, 0.15) is 32.1 Å². The molecule has 0 unspecified atom stereocenters. The third-order valence-corrected chi connectivity index (χ3v) is 6.66. The summed E-state index contributed by atoms with van der Waals surface area (Å²) in [6.07, 6.45) is 0.0983. The molecule has 1 amide bonds. The molecular weight excluding hydrogens is 409 g/mol. The number of benzene rings is 2. The molecule has 0 saturated carbocycles. The molecule has 1 aliphatic rings. The van der Waals surface area contributed by atoms with Crippen molar-refractivity contribution in [3.05, 3.63) is 59.6 Å². The van der Waals surface area contributed by atoms with Crippen LogP contribution >= 0.6 is 0 Å². The quantitative estimate of drug-likeness (QED) is 0.550. The molecule has 0 saturated heterocycles. The van der Waals surface area contributed by atoms with Crippen LogP contribution in [0.2, 0.25) is 0 Å². The average Bonchev–Trinajstić information content (AvgIpc) is 3.04. The van der Waals surface area contributed by atoms with Crippen molar-refractivity contribution in [1.29, 1.82) is 0 Å². The number of sulfone groups is 1. The fraction of sp³-hybridized carbons (Fsp3) is 0.318. The first-order valence-corrected chi connectivity index (χ1v) is 11.1. The number of halogens is 1. The molecule has 0 radical (unpaired) electrons. The molecule has 4 rings (SSSR count). The summed E-state index contributed by atoms with van der Waals surface area (Å²) in [5.74, 6) is 0.233. The van der Waals surface area contributed by atoms with Crippen LogP contribution in [0, 0.1) is 5.82 Å². The highest BCUT2D eigenvalue weighted by molar-refractivity contribution is 7.91. The van der Waals surface area contributed by atoms with E-state index >= 15 is 0 Å². The first-order valence-electron chi connectivity index (χ1n) is 9.57. The Morgan fingerprint density at radius 1 is 1.10 bits per heavy atom. The Hall–Kier alpha value is -2.87. The number of hydrogen-bond donors (Lipinski definition) is 0. The van der Waals surface area contributed by atoms with E-state index in [2.05, 4.69) is 0 Å². The summed E-state index contributed by atoms with van der Waals surface area (Å²) in [5, 5.41) is 0.640. The van der Waals surface area contributed by atoms with Gasteiger partial charge in [-0.3, -0.25) is 0 Å². The normalized spacial score (nSPS) is 14.6. The molecule has 0 spiro atoms. The minimum absolute atomic E-state index is 0.0102. The van der Waals surface area contributed by atoms with E-state index in [4.69, 9.17) is 9.15 Å². The highest BCUT2D eigenvalue weighted by atomic mass is 32.2. The number of carbonyl (C=O) groups is 1. The van der Waals surface area contributed by atoms with Crippen LogP contribution < -0.4 is 0 Å². The van der Waals surface area contributed by atoms with Crippen molar-refractivity contribution in [2.45, 2.75) is 49.1 Å². The van der Waals surface area contributed by atoms with Gasteiger partial charge in [-0.1, -0.05) is 0 Å². The monoisotopic (exact) mass is 431 g/mol. The fourth-order valence-electron chi connectivity index (χ4n) is 3.46. The second kappa shape index (κ2) is 7.12. The van der Waals surface area contributed by atoms with Crippen LogP contribution in [0.15, 0.2) is 56.7 Å². The minimum Gasteiger partial charge on any atom is -0.461 e. The van der Waals surface area contributed by atoms with Crippen molar-refractivity contribution in [3.8, 4) is 0 Å². The number of nitrogens with zero attached hydrogens (tertiary/aromatic N) is 1. The molecule has 0 fully saturated rings. The lowest BCUT2D eigenvalue weighted by molar-refractivity contribution is 0.0220. The molecule has 1 aliphatic heterocycles. The zero-order valence-electron chi connectivity index (χ0n) is 16.9. The van der Waals surface area contributed by atoms with Crippen molar-refractivity contribution in [3.63, 3.8) is 0 Å². The summed E-state index contributed by atoms with van der Waals surface area (Å²) in [7, 11) is -3.82. The molecule has 0 bridgehead atoms. The van der Waals surface area contributed by atoms with Crippen LogP contribution in [0.25, 0.3) is 11.0 Å². The van der Waals surface area contributed by atoms with E-state index in [1.807, 2.05) is 0 Å². The first kappa shape index (κ1) is 20.4. The molecule has 0 N–H and O–H groups in total. The van der Waals surface area contributed by atoms with Gasteiger partial charge in [0.1, 0.15) is 22.8 Å².